The summed E-state index contributed by atoms with van der Waals surface area (Å²) >= 11 is 1.55. The quantitative estimate of drug-likeness (QED) is 0.687. The Kier molecular flexibility index (Phi) is 3.55. The molecular weight excluding hydrogens is 297 g/mol. The van der Waals surface area contributed by atoms with E-state index in [0.717, 1.165) is 16.8 Å². The van der Waals surface area contributed by atoms with E-state index in [9.17, 15) is 13.2 Å². The van der Waals surface area contributed by atoms with Gasteiger partial charge in [-0.3, -0.25) is 0 Å². The first-order chi connectivity index (χ1) is 10.0. The average Bonchev–Trinajstić information content (AvgIpc) is 3.08. The fourth-order valence-electron chi connectivity index (χ4n) is 2.11. The van der Waals surface area contributed by atoms with E-state index in [1.807, 2.05) is 22.1 Å². The van der Waals surface area contributed by atoms with Gasteiger partial charge in [0.1, 0.15) is 5.82 Å². The van der Waals surface area contributed by atoms with Crippen molar-refractivity contribution in [2.75, 3.05) is 0 Å². The van der Waals surface area contributed by atoms with Crippen LogP contribution in [0.5, 0.6) is 0 Å². The number of thiophene rings is 1. The Morgan fingerprint density at radius 2 is 2.00 bits per heavy atom. The van der Waals surface area contributed by atoms with E-state index in [-0.39, 0.29) is 0 Å². The molecule has 0 aliphatic heterocycles. The van der Waals surface area contributed by atoms with Gasteiger partial charge in [0.15, 0.2) is 0 Å². The van der Waals surface area contributed by atoms with Crippen molar-refractivity contribution in [3.05, 3.63) is 65.3 Å². The van der Waals surface area contributed by atoms with Crippen molar-refractivity contribution in [2.45, 2.75) is 12.7 Å². The number of alkyl halides is 3. The molecule has 21 heavy (non-hydrogen) atoms. The lowest BCUT2D eigenvalue weighted by Crippen LogP contribution is -2.07. The van der Waals surface area contributed by atoms with Crippen LogP contribution >= 0.6 is 11.3 Å². The topological polar surface area (TPSA) is 17.8 Å². The van der Waals surface area contributed by atoms with Gasteiger partial charge in [-0.15, -0.1) is 11.3 Å². The van der Waals surface area contributed by atoms with E-state index in [2.05, 4.69) is 4.98 Å². The van der Waals surface area contributed by atoms with Crippen LogP contribution in [0.1, 0.15) is 11.1 Å². The number of hydrogen-bond acceptors (Lipinski definition) is 2. The number of nitrogens with zero attached hydrogens (tertiary/aromatic N) is 2. The molecule has 6 heteroatoms. The summed E-state index contributed by atoms with van der Waals surface area (Å²) in [5.41, 5.74) is -0.0292. The van der Waals surface area contributed by atoms with Crippen molar-refractivity contribution in [3.8, 4) is 10.7 Å². The Morgan fingerprint density at radius 1 is 1.14 bits per heavy atom. The van der Waals surface area contributed by atoms with Crippen LogP contribution in [-0.2, 0) is 12.7 Å². The molecule has 3 aromatic rings. The summed E-state index contributed by atoms with van der Waals surface area (Å²) in [6.07, 6.45) is -0.889. The van der Waals surface area contributed by atoms with Crippen molar-refractivity contribution >= 4 is 11.3 Å². The van der Waals surface area contributed by atoms with Gasteiger partial charge in [0.05, 0.1) is 10.4 Å². The highest BCUT2D eigenvalue weighted by Gasteiger charge is 2.30. The molecule has 0 radical (unpaired) electrons. The zero-order chi connectivity index (χ0) is 14.9. The molecule has 2 nitrogen and oxygen atoms in total. The molecular formula is C15H11F3N2S. The van der Waals surface area contributed by atoms with Gasteiger partial charge in [0.25, 0.3) is 0 Å². The van der Waals surface area contributed by atoms with E-state index in [4.69, 9.17) is 0 Å². The van der Waals surface area contributed by atoms with Crippen LogP contribution in [0.2, 0.25) is 0 Å². The Bertz CT molecular complexity index is 729. The third-order valence-corrected chi connectivity index (χ3v) is 3.93. The Balaban J connectivity index is 1.90. The zero-order valence-electron chi connectivity index (χ0n) is 10.8. The largest absolute Gasteiger partial charge is 0.416 e. The van der Waals surface area contributed by atoms with Crippen LogP contribution in [0, 0.1) is 0 Å². The maximum atomic E-state index is 12.7. The summed E-state index contributed by atoms with van der Waals surface area (Å²) in [5, 5.41) is 1.94. The highest BCUT2D eigenvalue weighted by Crippen LogP contribution is 2.30. The predicted octanol–water partition coefficient (Wildman–Crippen LogP) is 4.68. The monoisotopic (exact) mass is 308 g/mol. The van der Waals surface area contributed by atoms with Crippen LogP contribution in [0.4, 0.5) is 13.2 Å². The maximum absolute atomic E-state index is 12.7. The number of benzene rings is 1. The van der Waals surface area contributed by atoms with Gasteiger partial charge >= 0.3 is 6.18 Å². The average molecular weight is 308 g/mol. The number of aromatic nitrogens is 2. The third kappa shape index (κ3) is 3.00. The minimum atomic E-state index is -4.32. The molecule has 0 amide bonds. The van der Waals surface area contributed by atoms with Crippen LogP contribution < -0.4 is 0 Å². The maximum Gasteiger partial charge on any atom is 0.416 e. The minimum absolute atomic E-state index is 0.358. The lowest BCUT2D eigenvalue weighted by molar-refractivity contribution is -0.137. The Labute approximate surface area is 123 Å². The van der Waals surface area contributed by atoms with Crippen molar-refractivity contribution in [3.63, 3.8) is 0 Å². The molecule has 2 heterocycles. The molecule has 0 atom stereocenters. The molecule has 0 aliphatic rings. The number of imidazole rings is 1. The Morgan fingerprint density at radius 3 is 2.71 bits per heavy atom. The zero-order valence-corrected chi connectivity index (χ0v) is 11.7. The predicted molar refractivity (Wildman–Crippen MR) is 76.1 cm³/mol. The van der Waals surface area contributed by atoms with E-state index < -0.39 is 11.7 Å². The Hall–Kier alpha value is -2.08. The van der Waals surface area contributed by atoms with Crippen molar-refractivity contribution in [1.82, 2.24) is 9.55 Å². The third-order valence-electron chi connectivity index (χ3n) is 3.06. The summed E-state index contributed by atoms with van der Waals surface area (Å²) < 4.78 is 40.0. The molecule has 0 saturated heterocycles. The second-order valence-electron chi connectivity index (χ2n) is 4.55. The fraction of sp³-hybridized carbons (Fsp3) is 0.133. The van der Waals surface area contributed by atoms with Crippen LogP contribution in [0.15, 0.2) is 54.2 Å². The number of halogens is 3. The summed E-state index contributed by atoms with van der Waals surface area (Å²) in [7, 11) is 0. The van der Waals surface area contributed by atoms with Crippen LogP contribution in [0.25, 0.3) is 10.7 Å². The summed E-state index contributed by atoms with van der Waals surface area (Å²) in [4.78, 5) is 5.27. The first kappa shape index (κ1) is 13.9. The minimum Gasteiger partial charge on any atom is -0.326 e. The number of hydrogen-bond donors (Lipinski definition) is 0. The van der Waals surface area contributed by atoms with Gasteiger partial charge in [0.2, 0.25) is 0 Å². The second kappa shape index (κ2) is 5.37. The molecule has 0 fully saturated rings. The molecule has 0 spiro atoms. The summed E-state index contributed by atoms with van der Waals surface area (Å²) in [5.74, 6) is 0.766. The first-order valence-electron chi connectivity index (χ1n) is 6.25. The van der Waals surface area contributed by atoms with Crippen molar-refractivity contribution < 1.29 is 13.2 Å². The molecule has 0 N–H and O–H groups in total. The van der Waals surface area contributed by atoms with Gasteiger partial charge in [-0.05, 0) is 29.1 Å². The van der Waals surface area contributed by atoms with E-state index in [1.54, 1.807) is 29.8 Å². The molecule has 1 aromatic carbocycles. The van der Waals surface area contributed by atoms with E-state index in [1.165, 1.54) is 12.1 Å². The first-order valence-corrected chi connectivity index (χ1v) is 7.13. The van der Waals surface area contributed by atoms with Gasteiger partial charge in [-0.2, -0.15) is 13.2 Å². The lowest BCUT2D eigenvalue weighted by atomic mass is 10.1. The second-order valence-corrected chi connectivity index (χ2v) is 5.50. The smallest absolute Gasteiger partial charge is 0.326 e. The van der Waals surface area contributed by atoms with Gasteiger partial charge < -0.3 is 4.57 Å². The molecule has 0 aliphatic carbocycles. The molecule has 0 bridgehead atoms. The summed E-state index contributed by atoms with van der Waals surface area (Å²) in [6.45, 7) is 0.358. The molecule has 2 aromatic heterocycles. The number of rotatable bonds is 3. The lowest BCUT2D eigenvalue weighted by Gasteiger charge is -2.10. The van der Waals surface area contributed by atoms with E-state index >= 15 is 0 Å². The van der Waals surface area contributed by atoms with Crippen molar-refractivity contribution in [2.24, 2.45) is 0 Å². The molecule has 0 saturated carbocycles. The van der Waals surface area contributed by atoms with E-state index in [0.29, 0.717) is 12.1 Å². The van der Waals surface area contributed by atoms with Crippen molar-refractivity contribution in [1.29, 1.82) is 0 Å². The summed E-state index contributed by atoms with van der Waals surface area (Å²) in [6, 6.07) is 9.24. The normalized spacial score (nSPS) is 11.8. The van der Waals surface area contributed by atoms with Gasteiger partial charge in [0, 0.05) is 18.9 Å². The van der Waals surface area contributed by atoms with Gasteiger partial charge in [-0.1, -0.05) is 18.2 Å². The van der Waals surface area contributed by atoms with Crippen LogP contribution in [0.3, 0.4) is 0 Å². The highest BCUT2D eigenvalue weighted by molar-refractivity contribution is 7.13. The highest BCUT2D eigenvalue weighted by atomic mass is 32.1. The standard InChI is InChI=1S/C15H11F3N2S/c16-15(17,18)12-4-1-3-11(9-12)10-20-7-6-19-14(20)13-5-2-8-21-13/h1-9H,10H2. The molecule has 0 unspecified atom stereocenters. The fourth-order valence-corrected chi connectivity index (χ4v) is 2.85. The molecule has 3 rings (SSSR count). The molecule has 108 valence electrons. The van der Waals surface area contributed by atoms with Gasteiger partial charge in [-0.25, -0.2) is 4.98 Å². The van der Waals surface area contributed by atoms with Crippen LogP contribution in [-0.4, -0.2) is 9.55 Å². The SMILES string of the molecule is FC(F)(F)c1cccc(Cn2ccnc2-c2cccs2)c1.